The number of nitrogens with zero attached hydrogens (tertiary/aromatic N) is 1. The van der Waals surface area contributed by atoms with Gasteiger partial charge in [0.2, 0.25) is 11.8 Å². The summed E-state index contributed by atoms with van der Waals surface area (Å²) < 4.78 is 13.1. The van der Waals surface area contributed by atoms with Crippen molar-refractivity contribution in [1.82, 2.24) is 5.32 Å². The fourth-order valence-electron chi connectivity index (χ4n) is 1.69. The lowest BCUT2D eigenvalue weighted by Gasteiger charge is -2.21. The molecule has 0 spiro atoms. The first kappa shape index (κ1) is 16.4. The van der Waals surface area contributed by atoms with Crippen molar-refractivity contribution in [3.05, 3.63) is 29.0 Å². The van der Waals surface area contributed by atoms with Gasteiger partial charge in [0.15, 0.2) is 0 Å². The number of hydrogen-bond donors (Lipinski definition) is 1. The molecule has 2 amide bonds. The number of nitrogens with one attached hydrogen (secondary N) is 1. The highest BCUT2D eigenvalue weighted by molar-refractivity contribution is 6.31. The van der Waals surface area contributed by atoms with Crippen LogP contribution in [-0.2, 0) is 9.59 Å². The minimum absolute atomic E-state index is 0.0517. The molecule has 0 aliphatic carbocycles. The molecule has 4 nitrogen and oxygen atoms in total. The van der Waals surface area contributed by atoms with Gasteiger partial charge in [0.25, 0.3) is 0 Å². The molecule has 1 N–H and O–H groups in total. The third-order valence-corrected chi connectivity index (χ3v) is 3.02. The van der Waals surface area contributed by atoms with E-state index in [0.29, 0.717) is 12.2 Å². The summed E-state index contributed by atoms with van der Waals surface area (Å²) in [5.74, 6) is -0.887. The first-order chi connectivity index (χ1) is 9.45. The summed E-state index contributed by atoms with van der Waals surface area (Å²) >= 11 is 5.70. The lowest BCUT2D eigenvalue weighted by molar-refractivity contribution is -0.121. The monoisotopic (exact) mass is 300 g/mol. The van der Waals surface area contributed by atoms with Crippen molar-refractivity contribution in [2.75, 3.05) is 18.0 Å². The van der Waals surface area contributed by atoms with E-state index in [1.165, 1.54) is 30.0 Å². The summed E-state index contributed by atoms with van der Waals surface area (Å²) in [7, 11) is 0. The third kappa shape index (κ3) is 4.81. The Labute approximate surface area is 122 Å². The highest BCUT2D eigenvalue weighted by Crippen LogP contribution is 2.23. The Morgan fingerprint density at radius 3 is 2.65 bits per heavy atom. The van der Waals surface area contributed by atoms with Crippen LogP contribution >= 0.6 is 11.6 Å². The smallest absolute Gasteiger partial charge is 0.223 e. The Morgan fingerprint density at radius 2 is 2.10 bits per heavy atom. The van der Waals surface area contributed by atoms with E-state index in [1.807, 2.05) is 6.92 Å². The molecule has 0 saturated heterocycles. The van der Waals surface area contributed by atoms with Crippen molar-refractivity contribution in [3.8, 4) is 0 Å². The Hall–Kier alpha value is -1.62. The number of amides is 2. The molecule has 0 bridgehead atoms. The minimum atomic E-state index is -0.542. The summed E-state index contributed by atoms with van der Waals surface area (Å²) in [6, 6.07) is 4.04. The van der Waals surface area contributed by atoms with Gasteiger partial charge in [-0.3, -0.25) is 9.59 Å². The molecule has 0 aromatic heterocycles. The zero-order chi connectivity index (χ0) is 15.1. The molecule has 0 radical (unpaired) electrons. The average Bonchev–Trinajstić information content (AvgIpc) is 2.40. The predicted octanol–water partition coefficient (Wildman–Crippen LogP) is 2.75. The zero-order valence-corrected chi connectivity index (χ0v) is 12.3. The fraction of sp³-hybridized carbons (Fsp3) is 0.429. The Balaban J connectivity index is 2.72. The largest absolute Gasteiger partial charge is 0.356 e. The molecule has 1 aromatic carbocycles. The lowest BCUT2D eigenvalue weighted by atomic mass is 10.2. The number of carbonyl (C=O) groups excluding carboxylic acids is 2. The molecule has 0 heterocycles. The van der Waals surface area contributed by atoms with Crippen LogP contribution in [0.4, 0.5) is 10.1 Å². The van der Waals surface area contributed by atoms with Crippen LogP contribution in [0.15, 0.2) is 18.2 Å². The van der Waals surface area contributed by atoms with Gasteiger partial charge in [0, 0.05) is 32.1 Å². The standard InChI is InChI=1S/C14H18ClFN2O2/c1-3-7-17-14(20)6-8-18(10(2)19)11-4-5-13(16)12(15)9-11/h4-5,9H,3,6-8H2,1-2H3,(H,17,20). The van der Waals surface area contributed by atoms with E-state index < -0.39 is 5.82 Å². The maximum Gasteiger partial charge on any atom is 0.223 e. The summed E-state index contributed by atoms with van der Waals surface area (Å²) in [6.07, 6.45) is 1.05. The van der Waals surface area contributed by atoms with E-state index in [4.69, 9.17) is 11.6 Å². The summed E-state index contributed by atoms with van der Waals surface area (Å²) in [4.78, 5) is 24.6. The average molecular weight is 301 g/mol. The third-order valence-electron chi connectivity index (χ3n) is 2.73. The Kier molecular flexibility index (Phi) is 6.45. The predicted molar refractivity (Wildman–Crippen MR) is 77.4 cm³/mol. The van der Waals surface area contributed by atoms with Crippen molar-refractivity contribution in [1.29, 1.82) is 0 Å². The number of benzene rings is 1. The van der Waals surface area contributed by atoms with Crippen LogP contribution in [0.1, 0.15) is 26.7 Å². The summed E-state index contributed by atoms with van der Waals surface area (Å²) in [5, 5.41) is 2.68. The first-order valence-corrected chi connectivity index (χ1v) is 6.83. The fourth-order valence-corrected chi connectivity index (χ4v) is 1.86. The van der Waals surface area contributed by atoms with Crippen LogP contribution in [0, 0.1) is 5.82 Å². The van der Waals surface area contributed by atoms with Gasteiger partial charge >= 0.3 is 0 Å². The van der Waals surface area contributed by atoms with Crippen molar-refractivity contribution < 1.29 is 14.0 Å². The van der Waals surface area contributed by atoms with Crippen LogP contribution in [0.25, 0.3) is 0 Å². The zero-order valence-electron chi connectivity index (χ0n) is 11.6. The van der Waals surface area contributed by atoms with E-state index in [0.717, 1.165) is 6.42 Å². The molecule has 1 aromatic rings. The van der Waals surface area contributed by atoms with Crippen LogP contribution in [-0.4, -0.2) is 24.9 Å². The van der Waals surface area contributed by atoms with E-state index in [2.05, 4.69) is 5.32 Å². The Morgan fingerprint density at radius 1 is 1.40 bits per heavy atom. The summed E-state index contributed by atoms with van der Waals surface area (Å²) in [5.41, 5.74) is 0.479. The molecule has 0 atom stereocenters. The second kappa shape index (κ2) is 7.85. The number of rotatable bonds is 6. The highest BCUT2D eigenvalue weighted by Gasteiger charge is 2.14. The molecule has 0 saturated carbocycles. The molecular formula is C14H18ClFN2O2. The van der Waals surface area contributed by atoms with Gasteiger partial charge in [0.05, 0.1) is 5.02 Å². The van der Waals surface area contributed by atoms with Crippen molar-refractivity contribution in [2.45, 2.75) is 26.7 Å². The normalized spacial score (nSPS) is 10.2. The van der Waals surface area contributed by atoms with E-state index in [9.17, 15) is 14.0 Å². The number of carbonyl (C=O) groups is 2. The number of hydrogen-bond acceptors (Lipinski definition) is 2. The van der Waals surface area contributed by atoms with Crippen molar-refractivity contribution >= 4 is 29.1 Å². The van der Waals surface area contributed by atoms with Gasteiger partial charge in [0.1, 0.15) is 5.82 Å². The molecule has 6 heteroatoms. The molecule has 0 aliphatic rings. The van der Waals surface area contributed by atoms with Gasteiger partial charge in [-0.15, -0.1) is 0 Å². The molecule has 110 valence electrons. The van der Waals surface area contributed by atoms with E-state index >= 15 is 0 Å². The van der Waals surface area contributed by atoms with Gasteiger partial charge in [-0.05, 0) is 24.6 Å². The van der Waals surface area contributed by atoms with Gasteiger partial charge in [-0.25, -0.2) is 4.39 Å². The number of halogens is 2. The van der Waals surface area contributed by atoms with Gasteiger partial charge in [-0.1, -0.05) is 18.5 Å². The molecule has 1 rings (SSSR count). The highest BCUT2D eigenvalue weighted by atomic mass is 35.5. The second-order valence-electron chi connectivity index (χ2n) is 4.37. The first-order valence-electron chi connectivity index (χ1n) is 6.45. The SMILES string of the molecule is CCCNC(=O)CCN(C(C)=O)c1ccc(F)c(Cl)c1. The van der Waals surface area contributed by atoms with Crippen LogP contribution in [0.2, 0.25) is 5.02 Å². The maximum atomic E-state index is 13.1. The van der Waals surface area contributed by atoms with Gasteiger partial charge in [-0.2, -0.15) is 0 Å². The van der Waals surface area contributed by atoms with Crippen LogP contribution < -0.4 is 10.2 Å². The molecular weight excluding hydrogens is 283 g/mol. The van der Waals surface area contributed by atoms with Crippen molar-refractivity contribution in [3.63, 3.8) is 0 Å². The quantitative estimate of drug-likeness (QED) is 0.878. The molecule has 0 unspecified atom stereocenters. The minimum Gasteiger partial charge on any atom is -0.356 e. The Bertz CT molecular complexity index is 494. The van der Waals surface area contributed by atoms with E-state index in [-0.39, 0.29) is 29.8 Å². The van der Waals surface area contributed by atoms with Crippen molar-refractivity contribution in [2.24, 2.45) is 0 Å². The summed E-state index contributed by atoms with van der Waals surface area (Å²) in [6.45, 7) is 4.19. The van der Waals surface area contributed by atoms with E-state index in [1.54, 1.807) is 0 Å². The molecule has 20 heavy (non-hydrogen) atoms. The van der Waals surface area contributed by atoms with Crippen LogP contribution in [0.5, 0.6) is 0 Å². The topological polar surface area (TPSA) is 49.4 Å². The number of anilines is 1. The van der Waals surface area contributed by atoms with Gasteiger partial charge < -0.3 is 10.2 Å². The lowest BCUT2D eigenvalue weighted by Crippen LogP contribution is -2.34. The molecule has 0 aliphatic heterocycles. The van der Waals surface area contributed by atoms with Crippen LogP contribution in [0.3, 0.4) is 0 Å². The maximum absolute atomic E-state index is 13.1. The molecule has 0 fully saturated rings. The second-order valence-corrected chi connectivity index (χ2v) is 4.78.